The number of aliphatic hydroxyl groups is 1. The molecule has 32 heavy (non-hydrogen) atoms. The van der Waals surface area contributed by atoms with Crippen molar-refractivity contribution >= 4 is 12.2 Å². The first-order chi connectivity index (χ1) is 15.4. The average Bonchev–Trinajstić information content (AvgIpc) is 2.77. The van der Waals surface area contributed by atoms with Gasteiger partial charge in [0.25, 0.3) is 0 Å². The van der Waals surface area contributed by atoms with Crippen molar-refractivity contribution in [3.05, 3.63) is 65.2 Å². The number of rotatable bonds is 5. The van der Waals surface area contributed by atoms with Gasteiger partial charge in [0.2, 0.25) is 6.29 Å². The van der Waals surface area contributed by atoms with Crippen molar-refractivity contribution in [3.63, 3.8) is 0 Å². The van der Waals surface area contributed by atoms with Crippen LogP contribution in [0.4, 0.5) is 0 Å². The Hall–Kier alpha value is -4.04. The van der Waals surface area contributed by atoms with Gasteiger partial charge in [-0.2, -0.15) is 0 Å². The van der Waals surface area contributed by atoms with Crippen molar-refractivity contribution in [2.24, 2.45) is 0 Å². The molecule has 8 nitrogen and oxygen atoms in total. The molecule has 1 aliphatic rings. The van der Waals surface area contributed by atoms with Gasteiger partial charge in [-0.25, -0.2) is 0 Å². The Morgan fingerprint density at radius 3 is 2.19 bits per heavy atom. The lowest BCUT2D eigenvalue weighted by molar-refractivity contribution is -0.116. The van der Waals surface area contributed by atoms with E-state index in [4.69, 9.17) is 18.9 Å². The summed E-state index contributed by atoms with van der Waals surface area (Å²) in [5, 5.41) is 40.3. The highest BCUT2D eigenvalue weighted by atomic mass is 16.7. The Morgan fingerprint density at radius 1 is 0.781 bits per heavy atom. The van der Waals surface area contributed by atoms with Crippen LogP contribution in [0.1, 0.15) is 22.8 Å². The fourth-order valence-electron chi connectivity index (χ4n) is 3.42. The number of aromatic hydroxyl groups is 3. The molecule has 0 radical (unpaired) electrons. The first kappa shape index (κ1) is 21.2. The summed E-state index contributed by atoms with van der Waals surface area (Å²) in [7, 11) is 2.89. The predicted molar refractivity (Wildman–Crippen MR) is 116 cm³/mol. The van der Waals surface area contributed by atoms with Crippen LogP contribution in [0.25, 0.3) is 12.2 Å². The lowest BCUT2D eigenvalue weighted by Gasteiger charge is -2.31. The predicted octanol–water partition coefficient (Wildman–Crippen LogP) is 3.82. The molecule has 8 heteroatoms. The first-order valence-corrected chi connectivity index (χ1v) is 9.69. The second kappa shape index (κ2) is 8.60. The van der Waals surface area contributed by atoms with Crippen LogP contribution in [-0.4, -0.2) is 40.9 Å². The molecular formula is C24H22O8. The number of fused-ring (bicyclic) bond motifs is 1. The van der Waals surface area contributed by atoms with E-state index in [0.717, 1.165) is 5.56 Å². The van der Waals surface area contributed by atoms with Crippen molar-refractivity contribution < 1.29 is 39.4 Å². The van der Waals surface area contributed by atoms with Crippen LogP contribution in [0.5, 0.6) is 40.2 Å². The summed E-state index contributed by atoms with van der Waals surface area (Å²) in [4.78, 5) is 0. The molecule has 166 valence electrons. The minimum Gasteiger partial charge on any atom is -0.508 e. The van der Waals surface area contributed by atoms with Gasteiger partial charge < -0.3 is 39.4 Å². The maximum atomic E-state index is 10.6. The van der Waals surface area contributed by atoms with Crippen molar-refractivity contribution in [2.75, 3.05) is 14.2 Å². The topological polar surface area (TPSA) is 118 Å². The summed E-state index contributed by atoms with van der Waals surface area (Å²) in [5.41, 5.74) is 1.60. The highest BCUT2D eigenvalue weighted by Gasteiger charge is 2.34. The molecule has 0 saturated heterocycles. The van der Waals surface area contributed by atoms with E-state index in [1.807, 2.05) is 0 Å². The Kier molecular flexibility index (Phi) is 5.70. The van der Waals surface area contributed by atoms with Gasteiger partial charge >= 0.3 is 0 Å². The summed E-state index contributed by atoms with van der Waals surface area (Å²) in [6.07, 6.45) is 1.08. The molecule has 0 fully saturated rings. The number of ether oxygens (including phenoxy) is 4. The number of benzene rings is 3. The summed E-state index contributed by atoms with van der Waals surface area (Å²) >= 11 is 0. The summed E-state index contributed by atoms with van der Waals surface area (Å²) in [6, 6.07) is 12.5. The summed E-state index contributed by atoms with van der Waals surface area (Å²) < 4.78 is 22.0. The van der Waals surface area contributed by atoms with Gasteiger partial charge in [0.1, 0.15) is 17.2 Å². The maximum Gasteiger partial charge on any atom is 0.239 e. The third-order valence-electron chi connectivity index (χ3n) is 4.96. The van der Waals surface area contributed by atoms with Crippen LogP contribution in [0, 0.1) is 0 Å². The fraction of sp³-hybridized carbons (Fsp3) is 0.167. The van der Waals surface area contributed by atoms with Gasteiger partial charge in [-0.15, -0.1) is 0 Å². The zero-order chi connectivity index (χ0) is 22.8. The SMILES string of the molecule is COc1cc(OC)c(O)c(C2Oc3cc(C=Cc4cc(O)cc(O)c4)ccc3OC2O)c1. The minimum atomic E-state index is -1.37. The number of methoxy groups -OCH3 is 2. The molecule has 4 N–H and O–H groups in total. The maximum absolute atomic E-state index is 10.6. The normalized spacial score (nSPS) is 17.3. The van der Waals surface area contributed by atoms with Gasteiger partial charge in [-0.05, 0) is 41.5 Å². The van der Waals surface area contributed by atoms with E-state index in [2.05, 4.69) is 0 Å². The van der Waals surface area contributed by atoms with E-state index in [0.29, 0.717) is 22.8 Å². The van der Waals surface area contributed by atoms with Crippen LogP contribution in [0.15, 0.2) is 48.5 Å². The van der Waals surface area contributed by atoms with E-state index >= 15 is 0 Å². The molecule has 3 aromatic carbocycles. The molecule has 1 aliphatic heterocycles. The summed E-state index contributed by atoms with van der Waals surface area (Å²) in [5.74, 6) is 1.02. The fourth-order valence-corrected chi connectivity index (χ4v) is 3.42. The molecule has 0 bridgehead atoms. The van der Waals surface area contributed by atoms with Gasteiger partial charge in [-0.1, -0.05) is 18.2 Å². The van der Waals surface area contributed by atoms with E-state index in [1.165, 1.54) is 44.6 Å². The number of phenols is 3. The highest BCUT2D eigenvalue weighted by molar-refractivity contribution is 5.72. The van der Waals surface area contributed by atoms with E-state index < -0.39 is 12.4 Å². The number of hydrogen-bond acceptors (Lipinski definition) is 8. The molecule has 0 aliphatic carbocycles. The molecule has 4 rings (SSSR count). The Morgan fingerprint density at radius 2 is 1.50 bits per heavy atom. The van der Waals surface area contributed by atoms with Crippen LogP contribution in [0.2, 0.25) is 0 Å². The van der Waals surface area contributed by atoms with Gasteiger partial charge in [-0.3, -0.25) is 0 Å². The quantitative estimate of drug-likeness (QED) is 0.444. The van der Waals surface area contributed by atoms with E-state index in [-0.39, 0.29) is 28.6 Å². The van der Waals surface area contributed by atoms with Gasteiger partial charge in [0.05, 0.1) is 14.2 Å². The van der Waals surface area contributed by atoms with Crippen LogP contribution >= 0.6 is 0 Å². The molecule has 0 aromatic heterocycles. The largest absolute Gasteiger partial charge is 0.508 e. The highest BCUT2D eigenvalue weighted by Crippen LogP contribution is 2.45. The van der Waals surface area contributed by atoms with E-state index in [1.54, 1.807) is 30.4 Å². The van der Waals surface area contributed by atoms with Crippen LogP contribution in [-0.2, 0) is 0 Å². The average molecular weight is 438 g/mol. The monoisotopic (exact) mass is 438 g/mol. The third kappa shape index (κ3) is 4.21. The first-order valence-electron chi connectivity index (χ1n) is 9.69. The Balaban J connectivity index is 1.64. The molecule has 1 heterocycles. The molecule has 2 unspecified atom stereocenters. The van der Waals surface area contributed by atoms with Crippen LogP contribution in [0.3, 0.4) is 0 Å². The standard InChI is InChI=1S/C24H22O8/c1-29-17-11-18(22(27)21(12-17)30-2)23-24(28)32-19-6-5-13(9-20(19)31-23)3-4-14-7-15(25)10-16(26)8-14/h3-12,23-28H,1-2H3. The molecule has 0 spiro atoms. The number of hydrogen-bond donors (Lipinski definition) is 4. The lowest BCUT2D eigenvalue weighted by Crippen LogP contribution is -2.33. The molecule has 2 atom stereocenters. The van der Waals surface area contributed by atoms with Crippen molar-refractivity contribution in [1.82, 2.24) is 0 Å². The second-order valence-electron chi connectivity index (χ2n) is 7.14. The molecule has 0 saturated carbocycles. The van der Waals surface area contributed by atoms with Crippen molar-refractivity contribution in [1.29, 1.82) is 0 Å². The zero-order valence-electron chi connectivity index (χ0n) is 17.4. The van der Waals surface area contributed by atoms with Crippen molar-refractivity contribution in [2.45, 2.75) is 12.4 Å². The zero-order valence-corrected chi connectivity index (χ0v) is 17.4. The Bertz CT molecular complexity index is 1150. The summed E-state index contributed by atoms with van der Waals surface area (Å²) in [6.45, 7) is 0. The van der Waals surface area contributed by atoms with Gasteiger partial charge in [0, 0.05) is 17.7 Å². The molecular weight excluding hydrogens is 416 g/mol. The molecule has 0 amide bonds. The minimum absolute atomic E-state index is 0.0443. The number of aliphatic hydroxyl groups excluding tert-OH is 1. The van der Waals surface area contributed by atoms with Crippen molar-refractivity contribution in [3.8, 4) is 40.2 Å². The Labute approximate surface area is 184 Å². The lowest BCUT2D eigenvalue weighted by atomic mass is 10.0. The van der Waals surface area contributed by atoms with Crippen LogP contribution < -0.4 is 18.9 Å². The smallest absolute Gasteiger partial charge is 0.239 e. The number of phenolic OH excluding ortho intramolecular Hbond substituents is 3. The third-order valence-corrected chi connectivity index (χ3v) is 4.96. The van der Waals surface area contributed by atoms with Gasteiger partial charge in [0.15, 0.2) is 29.1 Å². The van der Waals surface area contributed by atoms with E-state index in [9.17, 15) is 20.4 Å². The second-order valence-corrected chi connectivity index (χ2v) is 7.14. The molecule has 3 aromatic rings.